The Balaban J connectivity index is 0.00000144. The number of hydrogen-bond acceptors (Lipinski definition) is 3. The van der Waals surface area contributed by atoms with E-state index >= 15 is 0 Å². The standard InChI is InChI=1S/C9H10O3.Na/c1-12-8-4-2-3-7(5-8)6-9(10)11;/h2-5H,6H2,1H3,(H,10,11);/q;+1/p-1. The summed E-state index contributed by atoms with van der Waals surface area (Å²) in [6.45, 7) is 0. The van der Waals surface area contributed by atoms with E-state index in [1.807, 2.05) is 0 Å². The molecule has 0 saturated carbocycles. The van der Waals surface area contributed by atoms with Crippen molar-refractivity contribution in [3.63, 3.8) is 0 Å². The fourth-order valence-electron chi connectivity index (χ4n) is 0.949. The van der Waals surface area contributed by atoms with Gasteiger partial charge in [0, 0.05) is 12.4 Å². The summed E-state index contributed by atoms with van der Waals surface area (Å²) in [5, 5.41) is 10.2. The van der Waals surface area contributed by atoms with E-state index in [-0.39, 0.29) is 36.0 Å². The first kappa shape index (κ1) is 12.5. The van der Waals surface area contributed by atoms with Gasteiger partial charge in [0.1, 0.15) is 5.75 Å². The summed E-state index contributed by atoms with van der Waals surface area (Å²) >= 11 is 0. The SMILES string of the molecule is COc1cccc(CC(=O)[O-])c1.[Na+]. The second-order valence-corrected chi connectivity index (χ2v) is 2.40. The second-order valence-electron chi connectivity index (χ2n) is 2.40. The summed E-state index contributed by atoms with van der Waals surface area (Å²) in [7, 11) is 1.54. The monoisotopic (exact) mass is 188 g/mol. The largest absolute Gasteiger partial charge is 1.00 e. The fourth-order valence-corrected chi connectivity index (χ4v) is 0.949. The number of rotatable bonds is 3. The second kappa shape index (κ2) is 6.02. The van der Waals surface area contributed by atoms with Crippen LogP contribution in [0.25, 0.3) is 0 Å². The molecule has 1 aromatic rings. The molecule has 0 heterocycles. The maximum atomic E-state index is 10.2. The van der Waals surface area contributed by atoms with Crippen LogP contribution in [0, 0.1) is 0 Å². The molecule has 0 aliphatic heterocycles. The Bertz CT molecular complexity index is 286. The van der Waals surface area contributed by atoms with E-state index in [2.05, 4.69) is 0 Å². The van der Waals surface area contributed by atoms with Gasteiger partial charge in [0.15, 0.2) is 0 Å². The summed E-state index contributed by atoms with van der Waals surface area (Å²) < 4.78 is 4.92. The molecule has 0 radical (unpaired) electrons. The zero-order valence-electron chi connectivity index (χ0n) is 7.74. The molecule has 0 unspecified atom stereocenters. The van der Waals surface area contributed by atoms with E-state index in [4.69, 9.17) is 4.74 Å². The molecule has 0 bridgehead atoms. The number of carbonyl (C=O) groups excluding carboxylic acids is 1. The molecule has 4 heteroatoms. The van der Waals surface area contributed by atoms with Crippen LogP contribution < -0.4 is 39.4 Å². The molecule has 0 spiro atoms. The van der Waals surface area contributed by atoms with Crippen LogP contribution in [0.1, 0.15) is 5.56 Å². The zero-order valence-corrected chi connectivity index (χ0v) is 9.74. The van der Waals surface area contributed by atoms with Crippen molar-refractivity contribution in [2.45, 2.75) is 6.42 Å². The predicted molar refractivity (Wildman–Crippen MR) is 41.7 cm³/mol. The summed E-state index contributed by atoms with van der Waals surface area (Å²) in [6, 6.07) is 6.91. The normalized spacial score (nSPS) is 8.69. The van der Waals surface area contributed by atoms with E-state index < -0.39 is 5.97 Å². The molecule has 0 N–H and O–H groups in total. The number of carboxylic acid groups (broad SMARTS) is 1. The fraction of sp³-hybridized carbons (Fsp3) is 0.222. The first-order chi connectivity index (χ1) is 5.72. The van der Waals surface area contributed by atoms with Crippen molar-refractivity contribution in [3.8, 4) is 5.75 Å². The summed E-state index contributed by atoms with van der Waals surface area (Å²) in [5.41, 5.74) is 0.689. The molecule has 0 aromatic heterocycles. The van der Waals surface area contributed by atoms with E-state index in [9.17, 15) is 9.90 Å². The van der Waals surface area contributed by atoms with Crippen LogP contribution in [0.3, 0.4) is 0 Å². The van der Waals surface area contributed by atoms with Gasteiger partial charge < -0.3 is 14.6 Å². The van der Waals surface area contributed by atoms with Gasteiger partial charge in [-0.25, -0.2) is 0 Å². The first-order valence-electron chi connectivity index (χ1n) is 3.55. The number of ether oxygens (including phenoxy) is 1. The maximum absolute atomic E-state index is 10.2. The van der Waals surface area contributed by atoms with Gasteiger partial charge in [-0.3, -0.25) is 0 Å². The van der Waals surface area contributed by atoms with Gasteiger partial charge in [0.05, 0.1) is 7.11 Å². The van der Waals surface area contributed by atoms with Crippen LogP contribution in [-0.2, 0) is 11.2 Å². The molecule has 0 aliphatic carbocycles. The van der Waals surface area contributed by atoms with Crippen molar-refractivity contribution in [2.24, 2.45) is 0 Å². The Morgan fingerprint density at radius 3 is 2.77 bits per heavy atom. The smallest absolute Gasteiger partial charge is 0.550 e. The predicted octanol–water partition coefficient (Wildman–Crippen LogP) is -3.01. The Labute approximate surface area is 99.0 Å². The van der Waals surface area contributed by atoms with Gasteiger partial charge >= 0.3 is 29.6 Å². The number of benzene rings is 1. The number of methoxy groups -OCH3 is 1. The molecule has 13 heavy (non-hydrogen) atoms. The summed E-state index contributed by atoms with van der Waals surface area (Å²) in [4.78, 5) is 10.2. The van der Waals surface area contributed by atoms with Gasteiger partial charge in [-0.05, 0) is 17.7 Å². The Kier molecular flexibility index (Phi) is 5.79. The van der Waals surface area contributed by atoms with Crippen molar-refractivity contribution in [1.29, 1.82) is 0 Å². The molecule has 0 aliphatic rings. The Hall–Kier alpha value is -0.510. The van der Waals surface area contributed by atoms with Gasteiger partial charge in [-0.1, -0.05) is 12.1 Å². The summed E-state index contributed by atoms with van der Waals surface area (Å²) in [6.07, 6.45) is -0.0722. The average molecular weight is 188 g/mol. The van der Waals surface area contributed by atoms with E-state index in [1.165, 1.54) is 7.11 Å². The van der Waals surface area contributed by atoms with Crippen molar-refractivity contribution in [2.75, 3.05) is 7.11 Å². The van der Waals surface area contributed by atoms with E-state index in [0.29, 0.717) is 11.3 Å². The maximum Gasteiger partial charge on any atom is 1.00 e. The molecular weight excluding hydrogens is 179 g/mol. The third-order valence-corrected chi connectivity index (χ3v) is 1.48. The molecule has 1 aromatic carbocycles. The van der Waals surface area contributed by atoms with Crippen LogP contribution in [0.2, 0.25) is 0 Å². The van der Waals surface area contributed by atoms with Gasteiger partial charge in [0.25, 0.3) is 0 Å². The third-order valence-electron chi connectivity index (χ3n) is 1.48. The van der Waals surface area contributed by atoms with Gasteiger partial charge in [-0.15, -0.1) is 0 Å². The minimum atomic E-state index is -1.08. The molecule has 3 nitrogen and oxygen atoms in total. The average Bonchev–Trinajstić information content (AvgIpc) is 2.03. The van der Waals surface area contributed by atoms with Gasteiger partial charge in [0.2, 0.25) is 0 Å². The van der Waals surface area contributed by atoms with E-state index in [0.717, 1.165) is 0 Å². The van der Waals surface area contributed by atoms with Crippen molar-refractivity contribution in [1.82, 2.24) is 0 Å². The van der Waals surface area contributed by atoms with Crippen molar-refractivity contribution >= 4 is 5.97 Å². The third kappa shape index (κ3) is 4.31. The number of hydrogen-bond donors (Lipinski definition) is 0. The molecule has 0 atom stereocenters. The molecule has 1 rings (SSSR count). The Morgan fingerprint density at radius 2 is 2.23 bits per heavy atom. The van der Waals surface area contributed by atoms with Crippen LogP contribution >= 0.6 is 0 Å². The zero-order chi connectivity index (χ0) is 8.97. The Morgan fingerprint density at radius 1 is 1.54 bits per heavy atom. The molecular formula is C9H9NaO3. The van der Waals surface area contributed by atoms with Crippen molar-refractivity contribution in [3.05, 3.63) is 29.8 Å². The molecule has 0 saturated heterocycles. The number of carbonyl (C=O) groups is 1. The minimum absolute atomic E-state index is 0. The minimum Gasteiger partial charge on any atom is -0.550 e. The molecule has 0 amide bonds. The topological polar surface area (TPSA) is 49.4 Å². The van der Waals surface area contributed by atoms with Crippen LogP contribution in [0.15, 0.2) is 24.3 Å². The van der Waals surface area contributed by atoms with Gasteiger partial charge in [-0.2, -0.15) is 0 Å². The van der Waals surface area contributed by atoms with Crippen LogP contribution in [-0.4, -0.2) is 13.1 Å². The number of aliphatic carboxylic acids is 1. The van der Waals surface area contributed by atoms with Crippen molar-refractivity contribution < 1.29 is 44.2 Å². The molecule has 0 fully saturated rings. The van der Waals surface area contributed by atoms with Crippen LogP contribution in [0.4, 0.5) is 0 Å². The first-order valence-corrected chi connectivity index (χ1v) is 3.55. The quantitative estimate of drug-likeness (QED) is 0.475. The number of carboxylic acids is 1. The van der Waals surface area contributed by atoms with E-state index in [1.54, 1.807) is 24.3 Å². The summed E-state index contributed by atoms with van der Waals surface area (Å²) in [5.74, 6) is -0.419. The molecule has 64 valence electrons. The van der Waals surface area contributed by atoms with Crippen LogP contribution in [0.5, 0.6) is 5.75 Å².